The Morgan fingerprint density at radius 3 is 2.62 bits per heavy atom. The molecule has 1 aliphatic heterocycles. The van der Waals surface area contributed by atoms with Crippen LogP contribution in [0.25, 0.3) is 0 Å². The number of hydrogen-bond donors (Lipinski definition) is 1. The van der Waals surface area contributed by atoms with Crippen molar-refractivity contribution in [3.8, 4) is 5.75 Å². The van der Waals surface area contributed by atoms with Gasteiger partial charge in [-0.25, -0.2) is 0 Å². The number of carbonyl (C=O) groups excluding carboxylic acids is 2. The molecule has 1 heterocycles. The number of esters is 1. The van der Waals surface area contributed by atoms with Gasteiger partial charge in [-0.2, -0.15) is 0 Å². The first kappa shape index (κ1) is 22.3. The van der Waals surface area contributed by atoms with Crippen molar-refractivity contribution in [1.29, 1.82) is 0 Å². The lowest BCUT2D eigenvalue weighted by Crippen LogP contribution is -2.61. The van der Waals surface area contributed by atoms with Gasteiger partial charge in [-0.15, -0.1) is 0 Å². The summed E-state index contributed by atoms with van der Waals surface area (Å²) in [5.74, 6) is 0.582. The van der Waals surface area contributed by atoms with Gasteiger partial charge < -0.3 is 19.7 Å². The maximum Gasteiger partial charge on any atom is 0.302 e. The van der Waals surface area contributed by atoms with Gasteiger partial charge in [0.2, 0.25) is 0 Å². The standard InChI is InChI=1S/C26H32N2O4/c1-18(29)32-24-15-21(27-25(30)19-8-5-4-6-9-19)16-26(12-13-28(2)17-23(24)26)20-10-7-11-22(14-20)31-3/h4-11,14,21,23-24H,12-13,15-17H2,1-3H3,(H,27,30)/t21-,23?,24?,26?/m0/s1. The van der Waals surface area contributed by atoms with Gasteiger partial charge in [0.05, 0.1) is 7.11 Å². The molecule has 0 radical (unpaired) electrons. The van der Waals surface area contributed by atoms with E-state index in [1.54, 1.807) is 7.11 Å². The van der Waals surface area contributed by atoms with Crippen LogP contribution in [0.15, 0.2) is 54.6 Å². The molecule has 0 bridgehead atoms. The molecule has 2 aliphatic rings. The second kappa shape index (κ2) is 9.33. The quantitative estimate of drug-likeness (QED) is 0.728. The van der Waals surface area contributed by atoms with Crippen LogP contribution in [-0.4, -0.2) is 56.2 Å². The molecule has 2 fully saturated rings. The summed E-state index contributed by atoms with van der Waals surface area (Å²) in [6.45, 7) is 3.25. The number of fused-ring (bicyclic) bond motifs is 1. The monoisotopic (exact) mass is 436 g/mol. The van der Waals surface area contributed by atoms with Crippen molar-refractivity contribution in [2.75, 3.05) is 27.2 Å². The summed E-state index contributed by atoms with van der Waals surface area (Å²) in [4.78, 5) is 27.3. The Morgan fingerprint density at radius 1 is 1.12 bits per heavy atom. The predicted molar refractivity (Wildman–Crippen MR) is 123 cm³/mol. The van der Waals surface area contributed by atoms with Crippen LogP contribution in [0.3, 0.4) is 0 Å². The molecule has 0 aromatic heterocycles. The number of nitrogens with one attached hydrogen (secondary N) is 1. The van der Waals surface area contributed by atoms with E-state index in [-0.39, 0.29) is 35.4 Å². The molecule has 0 spiro atoms. The molecule has 6 nitrogen and oxygen atoms in total. The number of hydrogen-bond acceptors (Lipinski definition) is 5. The number of carbonyl (C=O) groups is 2. The first-order valence-corrected chi connectivity index (χ1v) is 11.3. The van der Waals surface area contributed by atoms with Crippen LogP contribution in [-0.2, 0) is 14.9 Å². The number of likely N-dealkylation sites (tertiary alicyclic amines) is 1. The summed E-state index contributed by atoms with van der Waals surface area (Å²) in [6, 6.07) is 17.4. The smallest absolute Gasteiger partial charge is 0.302 e. The van der Waals surface area contributed by atoms with Gasteiger partial charge in [0.15, 0.2) is 0 Å². The second-order valence-electron chi connectivity index (χ2n) is 9.13. The fourth-order valence-corrected chi connectivity index (χ4v) is 5.59. The minimum absolute atomic E-state index is 0.0932. The summed E-state index contributed by atoms with van der Waals surface area (Å²) >= 11 is 0. The fourth-order valence-electron chi connectivity index (χ4n) is 5.59. The zero-order chi connectivity index (χ0) is 22.7. The topological polar surface area (TPSA) is 67.9 Å². The van der Waals surface area contributed by atoms with Crippen molar-refractivity contribution >= 4 is 11.9 Å². The van der Waals surface area contributed by atoms with Crippen LogP contribution in [0.4, 0.5) is 0 Å². The Labute approximate surface area is 189 Å². The lowest BCUT2D eigenvalue weighted by atomic mass is 9.57. The molecule has 6 heteroatoms. The van der Waals surface area contributed by atoms with E-state index in [4.69, 9.17) is 9.47 Å². The zero-order valence-electron chi connectivity index (χ0n) is 19.0. The maximum absolute atomic E-state index is 12.9. The highest BCUT2D eigenvalue weighted by Gasteiger charge is 2.53. The number of nitrogens with zero attached hydrogens (tertiary/aromatic N) is 1. The molecular weight excluding hydrogens is 404 g/mol. The van der Waals surface area contributed by atoms with Crippen molar-refractivity contribution in [3.05, 3.63) is 65.7 Å². The number of amides is 1. The molecule has 1 amide bonds. The van der Waals surface area contributed by atoms with E-state index in [0.717, 1.165) is 31.7 Å². The zero-order valence-corrected chi connectivity index (χ0v) is 19.0. The van der Waals surface area contributed by atoms with E-state index in [2.05, 4.69) is 29.4 Å². The first-order valence-electron chi connectivity index (χ1n) is 11.3. The van der Waals surface area contributed by atoms with E-state index in [1.807, 2.05) is 42.5 Å². The predicted octanol–water partition coefficient (Wildman–Crippen LogP) is 3.41. The maximum atomic E-state index is 12.9. The van der Waals surface area contributed by atoms with Crippen molar-refractivity contribution in [2.24, 2.45) is 5.92 Å². The fraction of sp³-hybridized carbons (Fsp3) is 0.462. The molecule has 4 atom stereocenters. The number of piperidine rings is 1. The van der Waals surface area contributed by atoms with E-state index in [1.165, 1.54) is 12.5 Å². The van der Waals surface area contributed by atoms with E-state index in [9.17, 15) is 9.59 Å². The summed E-state index contributed by atoms with van der Waals surface area (Å²) in [5.41, 5.74) is 1.61. The summed E-state index contributed by atoms with van der Waals surface area (Å²) in [6.07, 6.45) is 2.07. The highest BCUT2D eigenvalue weighted by Crippen LogP contribution is 2.50. The van der Waals surface area contributed by atoms with Crippen molar-refractivity contribution in [2.45, 2.75) is 43.7 Å². The molecule has 32 heavy (non-hydrogen) atoms. The second-order valence-corrected chi connectivity index (χ2v) is 9.13. The Morgan fingerprint density at radius 2 is 1.91 bits per heavy atom. The van der Waals surface area contributed by atoms with Gasteiger partial charge in [-0.05, 0) is 56.3 Å². The van der Waals surface area contributed by atoms with Crippen LogP contribution in [0.1, 0.15) is 42.1 Å². The number of methoxy groups -OCH3 is 1. The molecule has 3 unspecified atom stereocenters. The lowest BCUT2D eigenvalue weighted by Gasteiger charge is -2.55. The van der Waals surface area contributed by atoms with Crippen LogP contribution in [0, 0.1) is 5.92 Å². The van der Waals surface area contributed by atoms with Gasteiger partial charge in [0.1, 0.15) is 11.9 Å². The first-order chi connectivity index (χ1) is 15.4. The molecule has 170 valence electrons. The average molecular weight is 437 g/mol. The van der Waals surface area contributed by atoms with Crippen LogP contribution in [0.2, 0.25) is 0 Å². The number of benzene rings is 2. The van der Waals surface area contributed by atoms with Crippen molar-refractivity contribution in [1.82, 2.24) is 10.2 Å². The minimum atomic E-state index is -0.280. The van der Waals surface area contributed by atoms with Crippen molar-refractivity contribution in [3.63, 3.8) is 0 Å². The molecule has 4 rings (SSSR count). The number of ether oxygens (including phenoxy) is 2. The molecular formula is C26H32N2O4. The third-order valence-electron chi connectivity index (χ3n) is 7.07. The summed E-state index contributed by atoms with van der Waals surface area (Å²) < 4.78 is 11.4. The Kier molecular flexibility index (Phi) is 6.51. The van der Waals surface area contributed by atoms with Gasteiger partial charge in [0.25, 0.3) is 5.91 Å². The van der Waals surface area contributed by atoms with Gasteiger partial charge in [-0.1, -0.05) is 30.3 Å². The normalized spacial score (nSPS) is 27.8. The summed E-state index contributed by atoms with van der Waals surface area (Å²) in [5, 5.41) is 3.23. The van der Waals surface area contributed by atoms with E-state index >= 15 is 0 Å². The highest BCUT2D eigenvalue weighted by atomic mass is 16.5. The highest BCUT2D eigenvalue weighted by molar-refractivity contribution is 5.94. The Balaban J connectivity index is 1.70. The minimum Gasteiger partial charge on any atom is -0.497 e. The van der Waals surface area contributed by atoms with E-state index < -0.39 is 0 Å². The van der Waals surface area contributed by atoms with Crippen molar-refractivity contribution < 1.29 is 19.1 Å². The molecule has 1 saturated heterocycles. The summed E-state index contributed by atoms with van der Waals surface area (Å²) in [7, 11) is 3.79. The Bertz CT molecular complexity index is 963. The molecule has 1 N–H and O–H groups in total. The number of rotatable bonds is 5. The SMILES string of the molecule is COc1cccc(C23CCN(C)CC2C(OC(C)=O)C[C@H](NC(=O)c2ccccc2)C3)c1. The Hall–Kier alpha value is -2.86. The average Bonchev–Trinajstić information content (AvgIpc) is 2.80. The van der Waals surface area contributed by atoms with Gasteiger partial charge >= 0.3 is 5.97 Å². The third-order valence-corrected chi connectivity index (χ3v) is 7.07. The molecule has 1 saturated carbocycles. The van der Waals surface area contributed by atoms with Gasteiger partial charge in [-0.3, -0.25) is 9.59 Å². The third kappa shape index (κ3) is 4.51. The van der Waals surface area contributed by atoms with Gasteiger partial charge in [0, 0.05) is 42.8 Å². The molecule has 1 aliphatic carbocycles. The molecule has 2 aromatic rings. The molecule has 2 aromatic carbocycles. The van der Waals surface area contributed by atoms with E-state index in [0.29, 0.717) is 12.0 Å². The van der Waals surface area contributed by atoms with Crippen LogP contribution < -0.4 is 10.1 Å². The van der Waals surface area contributed by atoms with Crippen LogP contribution >= 0.6 is 0 Å². The lowest BCUT2D eigenvalue weighted by molar-refractivity contribution is -0.156. The largest absolute Gasteiger partial charge is 0.497 e. The van der Waals surface area contributed by atoms with Crippen LogP contribution in [0.5, 0.6) is 5.75 Å².